The average Bonchev–Trinajstić information content (AvgIpc) is 3.23. The Balaban J connectivity index is 1.64. The van der Waals surface area contributed by atoms with Crippen molar-refractivity contribution in [2.75, 3.05) is 18.4 Å². The summed E-state index contributed by atoms with van der Waals surface area (Å²) in [5, 5.41) is 7.45. The Morgan fingerprint density at radius 2 is 1.79 bits per heavy atom. The summed E-state index contributed by atoms with van der Waals surface area (Å²) in [6, 6.07) is 9.56. The number of piperidine rings is 1. The van der Waals surface area contributed by atoms with Crippen LogP contribution in [0.15, 0.2) is 46.7 Å². The van der Waals surface area contributed by atoms with Gasteiger partial charge in [0, 0.05) is 30.6 Å². The first-order chi connectivity index (χ1) is 13.9. The van der Waals surface area contributed by atoms with Crippen LogP contribution >= 0.6 is 11.3 Å². The van der Waals surface area contributed by atoms with E-state index in [9.17, 15) is 18.0 Å². The largest absolute Gasteiger partial charge is 0.348 e. The minimum absolute atomic E-state index is 0.0912. The van der Waals surface area contributed by atoms with Crippen LogP contribution in [0.2, 0.25) is 0 Å². The van der Waals surface area contributed by atoms with Gasteiger partial charge in [-0.1, -0.05) is 12.5 Å². The monoisotopic (exact) mass is 435 g/mol. The van der Waals surface area contributed by atoms with Gasteiger partial charge in [-0.25, -0.2) is 8.42 Å². The van der Waals surface area contributed by atoms with E-state index >= 15 is 0 Å². The maximum atomic E-state index is 12.7. The van der Waals surface area contributed by atoms with E-state index in [1.165, 1.54) is 34.7 Å². The first-order valence-electron chi connectivity index (χ1n) is 9.57. The van der Waals surface area contributed by atoms with Gasteiger partial charge < -0.3 is 10.6 Å². The number of anilines is 1. The first kappa shape index (κ1) is 21.5. The van der Waals surface area contributed by atoms with Gasteiger partial charge >= 0.3 is 0 Å². The molecule has 29 heavy (non-hydrogen) atoms. The van der Waals surface area contributed by atoms with Crippen molar-refractivity contribution in [3.8, 4) is 0 Å². The quantitative estimate of drug-likeness (QED) is 0.698. The molecule has 2 amide bonds. The Kier molecular flexibility index (Phi) is 7.05. The lowest BCUT2D eigenvalue weighted by Crippen LogP contribution is -2.35. The van der Waals surface area contributed by atoms with Gasteiger partial charge in [-0.05, 0) is 48.6 Å². The lowest BCUT2D eigenvalue weighted by atomic mass is 10.1. The number of nitrogens with one attached hydrogen (secondary N) is 2. The molecule has 1 atom stereocenters. The van der Waals surface area contributed by atoms with Crippen molar-refractivity contribution in [2.24, 2.45) is 0 Å². The van der Waals surface area contributed by atoms with Crippen LogP contribution in [0.3, 0.4) is 0 Å². The lowest BCUT2D eigenvalue weighted by Gasteiger charge is -2.25. The van der Waals surface area contributed by atoms with E-state index in [1.807, 2.05) is 17.5 Å². The minimum Gasteiger partial charge on any atom is -0.348 e. The molecule has 0 unspecified atom stereocenters. The van der Waals surface area contributed by atoms with E-state index < -0.39 is 16.1 Å². The predicted octanol–water partition coefficient (Wildman–Crippen LogP) is 3.13. The Bertz CT molecular complexity index is 935. The van der Waals surface area contributed by atoms with E-state index in [2.05, 4.69) is 10.6 Å². The Labute approximate surface area is 175 Å². The minimum atomic E-state index is -3.49. The van der Waals surface area contributed by atoms with Crippen LogP contribution < -0.4 is 10.6 Å². The third-order valence-electron chi connectivity index (χ3n) is 4.74. The van der Waals surface area contributed by atoms with Gasteiger partial charge in [-0.2, -0.15) is 4.31 Å². The summed E-state index contributed by atoms with van der Waals surface area (Å²) in [7, 11) is -3.49. The SMILES string of the molecule is CC(=O)N[C@@H](CC(=O)Nc1ccc(S(=O)(=O)N2CCCCC2)cc1)c1cccs1. The first-order valence-corrected chi connectivity index (χ1v) is 11.9. The normalized spacial score (nSPS) is 16.2. The molecule has 7 nitrogen and oxygen atoms in total. The Morgan fingerprint density at radius 1 is 1.10 bits per heavy atom. The van der Waals surface area contributed by atoms with Crippen LogP contribution in [0.5, 0.6) is 0 Å². The summed E-state index contributed by atoms with van der Waals surface area (Å²) >= 11 is 1.47. The van der Waals surface area contributed by atoms with E-state index in [1.54, 1.807) is 12.1 Å². The topological polar surface area (TPSA) is 95.6 Å². The van der Waals surface area contributed by atoms with E-state index in [-0.39, 0.29) is 23.1 Å². The number of rotatable bonds is 7. The molecule has 1 aliphatic rings. The van der Waals surface area contributed by atoms with Crippen molar-refractivity contribution in [3.05, 3.63) is 46.7 Å². The molecule has 2 heterocycles. The van der Waals surface area contributed by atoms with Crippen molar-refractivity contribution in [2.45, 2.75) is 43.5 Å². The highest BCUT2D eigenvalue weighted by atomic mass is 32.2. The number of nitrogens with zero attached hydrogens (tertiary/aromatic N) is 1. The highest BCUT2D eigenvalue weighted by molar-refractivity contribution is 7.89. The lowest BCUT2D eigenvalue weighted by molar-refractivity contribution is -0.120. The van der Waals surface area contributed by atoms with Crippen molar-refractivity contribution in [3.63, 3.8) is 0 Å². The fraction of sp³-hybridized carbons (Fsp3) is 0.400. The third-order valence-corrected chi connectivity index (χ3v) is 7.64. The number of carbonyl (C=O) groups excluding carboxylic acids is 2. The number of thiophene rings is 1. The van der Waals surface area contributed by atoms with Gasteiger partial charge in [0.15, 0.2) is 0 Å². The fourth-order valence-electron chi connectivity index (χ4n) is 3.32. The number of carbonyl (C=O) groups is 2. The van der Waals surface area contributed by atoms with E-state index in [0.29, 0.717) is 18.8 Å². The Hall–Kier alpha value is -2.23. The van der Waals surface area contributed by atoms with E-state index in [0.717, 1.165) is 24.1 Å². The van der Waals surface area contributed by atoms with Gasteiger partial charge in [0.25, 0.3) is 0 Å². The van der Waals surface area contributed by atoms with Crippen LogP contribution in [-0.4, -0.2) is 37.6 Å². The molecule has 2 N–H and O–H groups in total. The summed E-state index contributed by atoms with van der Waals surface area (Å²) in [5.41, 5.74) is 0.514. The van der Waals surface area contributed by atoms with Crippen LogP contribution in [0.1, 0.15) is 43.5 Å². The molecule has 1 aromatic carbocycles. The van der Waals surface area contributed by atoms with Crippen LogP contribution in [0.25, 0.3) is 0 Å². The molecule has 2 aromatic rings. The smallest absolute Gasteiger partial charge is 0.243 e. The molecule has 0 radical (unpaired) electrons. The maximum absolute atomic E-state index is 12.7. The third kappa shape index (κ3) is 5.65. The van der Waals surface area contributed by atoms with Crippen LogP contribution in [0, 0.1) is 0 Å². The molecular weight excluding hydrogens is 410 g/mol. The van der Waals surface area contributed by atoms with Crippen LogP contribution in [-0.2, 0) is 19.6 Å². The highest BCUT2D eigenvalue weighted by Gasteiger charge is 2.26. The van der Waals surface area contributed by atoms with Crippen molar-refractivity contribution in [1.29, 1.82) is 0 Å². The second-order valence-electron chi connectivity index (χ2n) is 7.01. The van der Waals surface area contributed by atoms with Crippen molar-refractivity contribution < 1.29 is 18.0 Å². The average molecular weight is 436 g/mol. The zero-order chi connectivity index (χ0) is 20.9. The number of sulfonamides is 1. The number of hydrogen-bond donors (Lipinski definition) is 2. The molecule has 1 aliphatic heterocycles. The summed E-state index contributed by atoms with van der Waals surface area (Å²) < 4.78 is 26.9. The maximum Gasteiger partial charge on any atom is 0.243 e. The summed E-state index contributed by atoms with van der Waals surface area (Å²) in [6.45, 7) is 2.52. The molecule has 0 spiro atoms. The molecule has 1 saturated heterocycles. The molecule has 0 bridgehead atoms. The van der Waals surface area contributed by atoms with Crippen molar-refractivity contribution in [1.82, 2.24) is 9.62 Å². The predicted molar refractivity (Wildman–Crippen MR) is 113 cm³/mol. The van der Waals surface area contributed by atoms with Gasteiger partial charge in [0.1, 0.15) is 0 Å². The number of benzene rings is 1. The molecule has 1 aromatic heterocycles. The summed E-state index contributed by atoms with van der Waals surface area (Å²) in [4.78, 5) is 25.0. The number of amides is 2. The van der Waals surface area contributed by atoms with Gasteiger partial charge in [-0.3, -0.25) is 9.59 Å². The van der Waals surface area contributed by atoms with Crippen molar-refractivity contribution >= 4 is 38.9 Å². The fourth-order valence-corrected chi connectivity index (χ4v) is 5.61. The van der Waals surface area contributed by atoms with Gasteiger partial charge in [0.2, 0.25) is 21.8 Å². The molecule has 3 rings (SSSR count). The number of hydrogen-bond acceptors (Lipinski definition) is 5. The summed E-state index contributed by atoms with van der Waals surface area (Å²) in [6.07, 6.45) is 2.91. The molecule has 9 heteroatoms. The molecule has 0 aliphatic carbocycles. The van der Waals surface area contributed by atoms with Gasteiger partial charge in [0.05, 0.1) is 17.4 Å². The summed E-state index contributed by atoms with van der Waals surface area (Å²) in [5.74, 6) is -0.466. The Morgan fingerprint density at radius 3 is 2.38 bits per heavy atom. The highest BCUT2D eigenvalue weighted by Crippen LogP contribution is 2.24. The molecule has 1 fully saturated rings. The molecule has 156 valence electrons. The standard InChI is InChI=1S/C20H25N3O4S2/c1-15(24)21-18(19-6-5-13-28-19)14-20(25)22-16-7-9-17(10-8-16)29(26,27)23-11-3-2-4-12-23/h5-10,13,18H,2-4,11-12,14H2,1H3,(H,21,24)(H,22,25)/t18-/m0/s1. The second-order valence-corrected chi connectivity index (χ2v) is 9.93. The van der Waals surface area contributed by atoms with E-state index in [4.69, 9.17) is 0 Å². The molecular formula is C20H25N3O4S2. The van der Waals surface area contributed by atoms with Crippen LogP contribution in [0.4, 0.5) is 5.69 Å². The molecule has 0 saturated carbocycles. The zero-order valence-electron chi connectivity index (χ0n) is 16.3. The zero-order valence-corrected chi connectivity index (χ0v) is 17.9. The van der Waals surface area contributed by atoms with Gasteiger partial charge in [-0.15, -0.1) is 11.3 Å². The second kappa shape index (κ2) is 9.51.